The Morgan fingerprint density at radius 3 is 2.83 bits per heavy atom. The molecule has 3 aromatic heterocycles. The van der Waals surface area contributed by atoms with E-state index in [4.69, 9.17) is 0 Å². The monoisotopic (exact) mass is 256 g/mol. The van der Waals surface area contributed by atoms with Crippen LogP contribution in [0.2, 0.25) is 0 Å². The predicted octanol–water partition coefficient (Wildman–Crippen LogP) is 3.20. The van der Waals surface area contributed by atoms with E-state index in [1.54, 1.807) is 11.3 Å². The third-order valence-electron chi connectivity index (χ3n) is 3.28. The molecule has 0 spiro atoms. The number of aryl methyl sites for hydroxylation is 1. The summed E-state index contributed by atoms with van der Waals surface area (Å²) < 4.78 is 2.24. The summed E-state index contributed by atoms with van der Waals surface area (Å²) in [6, 6.07) is 2.70. The lowest BCUT2D eigenvalue weighted by molar-refractivity contribution is 0.765. The van der Waals surface area contributed by atoms with Gasteiger partial charge in [-0.15, -0.1) is 11.3 Å². The molecule has 0 amide bonds. The van der Waals surface area contributed by atoms with Gasteiger partial charge in [0.1, 0.15) is 0 Å². The quantitative estimate of drug-likeness (QED) is 0.707. The van der Waals surface area contributed by atoms with E-state index >= 15 is 0 Å². The van der Waals surface area contributed by atoms with Crippen molar-refractivity contribution in [1.29, 1.82) is 0 Å². The fourth-order valence-corrected chi connectivity index (χ4v) is 2.93. The number of rotatable bonds is 2. The topological polar surface area (TPSA) is 43.6 Å². The number of imidazole rings is 1. The van der Waals surface area contributed by atoms with Gasteiger partial charge in [0.15, 0.2) is 0 Å². The van der Waals surface area contributed by atoms with Crippen molar-refractivity contribution < 1.29 is 0 Å². The van der Waals surface area contributed by atoms with Crippen molar-refractivity contribution in [3.05, 3.63) is 29.8 Å². The molecule has 90 valence electrons. The number of thiazole rings is 1. The standard InChI is InChI=1S/C13H12N4S/c1-8-14-6-13(18-8)11-4-10-12(5-15-11)17(7-16-10)9-2-3-9/h4-7,9H,2-3H2,1H3. The van der Waals surface area contributed by atoms with Crippen molar-refractivity contribution in [2.45, 2.75) is 25.8 Å². The summed E-state index contributed by atoms with van der Waals surface area (Å²) in [6.07, 6.45) is 8.28. The Morgan fingerprint density at radius 2 is 2.11 bits per heavy atom. The highest BCUT2D eigenvalue weighted by molar-refractivity contribution is 7.15. The van der Waals surface area contributed by atoms with E-state index in [0.717, 1.165) is 26.6 Å². The maximum atomic E-state index is 4.54. The number of aromatic nitrogens is 4. The first-order chi connectivity index (χ1) is 8.81. The van der Waals surface area contributed by atoms with Gasteiger partial charge in [0.2, 0.25) is 0 Å². The highest BCUT2D eigenvalue weighted by atomic mass is 32.1. The summed E-state index contributed by atoms with van der Waals surface area (Å²) in [4.78, 5) is 14.4. The van der Waals surface area contributed by atoms with Crippen LogP contribution in [0, 0.1) is 6.92 Å². The van der Waals surface area contributed by atoms with Crippen LogP contribution >= 0.6 is 11.3 Å². The van der Waals surface area contributed by atoms with Crippen molar-refractivity contribution in [3.63, 3.8) is 0 Å². The highest BCUT2D eigenvalue weighted by Gasteiger charge is 2.25. The van der Waals surface area contributed by atoms with E-state index in [-0.39, 0.29) is 0 Å². The molecule has 18 heavy (non-hydrogen) atoms. The molecule has 0 radical (unpaired) electrons. The molecule has 3 aromatic rings. The van der Waals surface area contributed by atoms with E-state index in [2.05, 4.69) is 25.6 Å². The molecule has 0 N–H and O–H groups in total. The van der Waals surface area contributed by atoms with Crippen molar-refractivity contribution >= 4 is 22.4 Å². The van der Waals surface area contributed by atoms with Gasteiger partial charge in [-0.1, -0.05) is 0 Å². The van der Waals surface area contributed by atoms with Crippen LogP contribution in [0.3, 0.4) is 0 Å². The molecule has 1 aliphatic carbocycles. The molecule has 3 heterocycles. The maximum Gasteiger partial charge on any atom is 0.0961 e. The SMILES string of the molecule is Cc1ncc(-c2cc3ncn(C4CC4)c3cn2)s1. The molecule has 1 aliphatic rings. The molecule has 0 aliphatic heterocycles. The first kappa shape index (κ1) is 10.2. The van der Waals surface area contributed by atoms with E-state index in [1.807, 2.05) is 25.6 Å². The molecule has 0 bridgehead atoms. The molecule has 5 heteroatoms. The average Bonchev–Trinajstić information content (AvgIpc) is 2.99. The first-order valence-corrected chi connectivity index (χ1v) is 6.88. The summed E-state index contributed by atoms with van der Waals surface area (Å²) in [5.74, 6) is 0. The Balaban J connectivity index is 1.84. The number of pyridine rings is 1. The van der Waals surface area contributed by atoms with Crippen LogP contribution in [0.15, 0.2) is 24.8 Å². The number of fused-ring (bicyclic) bond motifs is 1. The largest absolute Gasteiger partial charge is 0.326 e. The fourth-order valence-electron chi connectivity index (χ4n) is 2.18. The predicted molar refractivity (Wildman–Crippen MR) is 71.6 cm³/mol. The second kappa shape index (κ2) is 3.62. The average molecular weight is 256 g/mol. The van der Waals surface area contributed by atoms with Crippen LogP contribution in [0.5, 0.6) is 0 Å². The summed E-state index contributed by atoms with van der Waals surface area (Å²) in [5, 5.41) is 1.07. The Hall–Kier alpha value is -1.75. The maximum absolute atomic E-state index is 4.54. The lowest BCUT2D eigenvalue weighted by Crippen LogP contribution is -1.91. The zero-order valence-electron chi connectivity index (χ0n) is 10.00. The molecule has 1 saturated carbocycles. The lowest BCUT2D eigenvalue weighted by Gasteiger charge is -2.00. The summed E-state index contributed by atoms with van der Waals surface area (Å²) >= 11 is 1.67. The van der Waals surface area contributed by atoms with Gasteiger partial charge < -0.3 is 4.57 Å². The first-order valence-electron chi connectivity index (χ1n) is 6.06. The van der Waals surface area contributed by atoms with Gasteiger partial charge in [0.05, 0.1) is 39.1 Å². The third kappa shape index (κ3) is 1.54. The molecule has 4 rings (SSSR count). The van der Waals surface area contributed by atoms with Crippen LogP contribution in [0.4, 0.5) is 0 Å². The molecule has 0 aromatic carbocycles. The van der Waals surface area contributed by atoms with Gasteiger partial charge in [-0.05, 0) is 25.8 Å². The van der Waals surface area contributed by atoms with Gasteiger partial charge in [-0.2, -0.15) is 0 Å². The molecule has 0 saturated heterocycles. The summed E-state index contributed by atoms with van der Waals surface area (Å²) in [6.45, 7) is 2.01. The van der Waals surface area contributed by atoms with Crippen LogP contribution in [0.1, 0.15) is 23.9 Å². The van der Waals surface area contributed by atoms with E-state index < -0.39 is 0 Å². The van der Waals surface area contributed by atoms with Crippen molar-refractivity contribution in [2.24, 2.45) is 0 Å². The number of nitrogens with zero attached hydrogens (tertiary/aromatic N) is 4. The van der Waals surface area contributed by atoms with Gasteiger partial charge in [-0.3, -0.25) is 4.98 Å². The van der Waals surface area contributed by atoms with Gasteiger partial charge >= 0.3 is 0 Å². The highest BCUT2D eigenvalue weighted by Crippen LogP contribution is 2.37. The Kier molecular flexibility index (Phi) is 2.05. The Morgan fingerprint density at radius 1 is 1.22 bits per heavy atom. The number of hydrogen-bond donors (Lipinski definition) is 0. The van der Waals surface area contributed by atoms with Gasteiger partial charge in [-0.25, -0.2) is 9.97 Å². The van der Waals surface area contributed by atoms with Gasteiger partial charge in [0, 0.05) is 12.2 Å². The minimum absolute atomic E-state index is 0.647. The van der Waals surface area contributed by atoms with Crippen molar-refractivity contribution in [2.75, 3.05) is 0 Å². The van der Waals surface area contributed by atoms with E-state index in [9.17, 15) is 0 Å². The second-order valence-corrected chi connectivity index (χ2v) is 5.92. The van der Waals surface area contributed by atoms with Crippen molar-refractivity contribution in [3.8, 4) is 10.6 Å². The lowest BCUT2D eigenvalue weighted by atomic mass is 10.3. The molecule has 1 fully saturated rings. The molecule has 0 unspecified atom stereocenters. The molecule has 4 nitrogen and oxygen atoms in total. The van der Waals surface area contributed by atoms with Crippen LogP contribution < -0.4 is 0 Å². The van der Waals surface area contributed by atoms with Crippen LogP contribution in [-0.2, 0) is 0 Å². The van der Waals surface area contributed by atoms with E-state index in [0.29, 0.717) is 6.04 Å². The third-order valence-corrected chi connectivity index (χ3v) is 4.21. The second-order valence-electron chi connectivity index (χ2n) is 4.68. The molecule has 0 atom stereocenters. The summed E-state index contributed by atoms with van der Waals surface area (Å²) in [7, 11) is 0. The van der Waals surface area contributed by atoms with Crippen LogP contribution in [-0.4, -0.2) is 19.5 Å². The Bertz CT molecular complexity index is 724. The number of hydrogen-bond acceptors (Lipinski definition) is 4. The molecular weight excluding hydrogens is 244 g/mol. The minimum Gasteiger partial charge on any atom is -0.326 e. The zero-order valence-corrected chi connectivity index (χ0v) is 10.8. The smallest absolute Gasteiger partial charge is 0.0961 e. The zero-order chi connectivity index (χ0) is 12.1. The molecular formula is C13H12N4S. The Labute approximate surface area is 108 Å². The minimum atomic E-state index is 0.647. The van der Waals surface area contributed by atoms with Crippen LogP contribution in [0.25, 0.3) is 21.6 Å². The van der Waals surface area contributed by atoms with Crippen molar-refractivity contribution in [1.82, 2.24) is 19.5 Å². The summed E-state index contributed by atoms with van der Waals surface area (Å²) in [5.41, 5.74) is 3.13. The van der Waals surface area contributed by atoms with E-state index in [1.165, 1.54) is 12.8 Å². The normalized spacial score (nSPS) is 15.4. The fraction of sp³-hybridized carbons (Fsp3) is 0.308. The van der Waals surface area contributed by atoms with Gasteiger partial charge in [0.25, 0.3) is 0 Å².